The Hall–Kier alpha value is -3.40. The molecule has 0 aliphatic carbocycles. The first-order chi connectivity index (χ1) is 17.7. The summed E-state index contributed by atoms with van der Waals surface area (Å²) in [5.74, 6) is 0. The van der Waals surface area contributed by atoms with Crippen molar-refractivity contribution >= 4 is 44.4 Å². The van der Waals surface area contributed by atoms with Gasteiger partial charge in [0, 0.05) is 45.3 Å². The van der Waals surface area contributed by atoms with E-state index in [1.807, 2.05) is 0 Å². The number of H-pyrrole nitrogens is 2. The number of nitrogens with zero attached hydrogens (tertiary/aromatic N) is 2. The van der Waals surface area contributed by atoms with Crippen molar-refractivity contribution in [2.45, 2.75) is 81.1 Å². The fourth-order valence-electron chi connectivity index (χ4n) is 6.45. The average molecular weight is 494 g/mol. The third kappa shape index (κ3) is 3.89. The largest absolute Gasteiger partial charge is 0.355 e. The summed E-state index contributed by atoms with van der Waals surface area (Å²) >= 11 is 0. The van der Waals surface area contributed by atoms with Gasteiger partial charge in [0.1, 0.15) is 7.05 Å². The topological polar surface area (TPSA) is 48.4 Å². The SMILES string of the molecule is CCC1=C(C)c2cc3[nH]c(cc4[nH]c(cc5[n+](C)c(cc1n2)C(C)=C5CC)c(C)c4CC)c(C)c3CC. The molecule has 0 spiro atoms. The molecule has 2 aliphatic rings. The van der Waals surface area contributed by atoms with E-state index < -0.39 is 0 Å². The quantitative estimate of drug-likeness (QED) is 0.354. The zero-order valence-electron chi connectivity index (χ0n) is 24.0. The van der Waals surface area contributed by atoms with E-state index >= 15 is 0 Å². The van der Waals surface area contributed by atoms with Gasteiger partial charge in [0.25, 0.3) is 0 Å². The summed E-state index contributed by atoms with van der Waals surface area (Å²) in [6.45, 7) is 18.0. The highest BCUT2D eigenvalue weighted by molar-refractivity contribution is 5.94. The van der Waals surface area contributed by atoms with Crippen LogP contribution < -0.4 is 4.57 Å². The van der Waals surface area contributed by atoms with Crippen LogP contribution in [0.3, 0.4) is 0 Å². The summed E-state index contributed by atoms with van der Waals surface area (Å²) in [6.07, 6.45) is 3.94. The third-order valence-corrected chi connectivity index (χ3v) is 8.70. The molecule has 192 valence electrons. The summed E-state index contributed by atoms with van der Waals surface area (Å²) in [6, 6.07) is 9.24. The highest BCUT2D eigenvalue weighted by Crippen LogP contribution is 2.36. The molecule has 0 saturated heterocycles. The van der Waals surface area contributed by atoms with Crippen LogP contribution in [0, 0.1) is 13.8 Å². The average Bonchev–Trinajstić information content (AvgIpc) is 3.51. The molecule has 5 rings (SSSR count). The molecule has 2 aliphatic heterocycles. The highest BCUT2D eigenvalue weighted by atomic mass is 15.0. The maximum Gasteiger partial charge on any atom is 0.211 e. The lowest BCUT2D eigenvalue weighted by atomic mass is 10.0. The lowest BCUT2D eigenvalue weighted by Gasteiger charge is -1.99. The van der Waals surface area contributed by atoms with Gasteiger partial charge in [-0.05, 0) is 98.9 Å². The second-order valence-corrected chi connectivity index (χ2v) is 10.5. The van der Waals surface area contributed by atoms with Gasteiger partial charge in [0.05, 0.1) is 11.4 Å². The van der Waals surface area contributed by atoms with Gasteiger partial charge < -0.3 is 9.97 Å². The van der Waals surface area contributed by atoms with Crippen molar-refractivity contribution in [3.05, 3.63) is 69.3 Å². The Morgan fingerprint density at radius 3 is 1.73 bits per heavy atom. The van der Waals surface area contributed by atoms with Crippen molar-refractivity contribution in [1.29, 1.82) is 0 Å². The molecule has 2 N–H and O–H groups in total. The number of aromatic nitrogens is 4. The van der Waals surface area contributed by atoms with E-state index in [0.717, 1.165) is 37.1 Å². The first-order valence-corrected chi connectivity index (χ1v) is 13.9. The molecule has 0 fully saturated rings. The molecule has 3 aromatic heterocycles. The minimum atomic E-state index is 0.967. The van der Waals surface area contributed by atoms with Gasteiger partial charge in [-0.3, -0.25) is 0 Å². The van der Waals surface area contributed by atoms with E-state index in [9.17, 15) is 0 Å². The first kappa shape index (κ1) is 25.3. The molecule has 0 aromatic carbocycles. The van der Waals surface area contributed by atoms with Crippen LogP contribution >= 0.6 is 0 Å². The number of aromatic amines is 2. The van der Waals surface area contributed by atoms with Gasteiger partial charge in [-0.25, -0.2) is 4.98 Å². The van der Waals surface area contributed by atoms with Gasteiger partial charge in [0.2, 0.25) is 11.4 Å². The van der Waals surface area contributed by atoms with Gasteiger partial charge >= 0.3 is 0 Å². The van der Waals surface area contributed by atoms with E-state index in [1.165, 1.54) is 78.0 Å². The Morgan fingerprint density at radius 1 is 0.595 bits per heavy atom. The molecule has 0 amide bonds. The van der Waals surface area contributed by atoms with Crippen LogP contribution in [0.5, 0.6) is 0 Å². The lowest BCUT2D eigenvalue weighted by molar-refractivity contribution is -0.673. The zero-order valence-corrected chi connectivity index (χ0v) is 24.0. The van der Waals surface area contributed by atoms with Crippen molar-refractivity contribution in [1.82, 2.24) is 15.0 Å². The Balaban J connectivity index is 2.03. The minimum absolute atomic E-state index is 0.967. The van der Waals surface area contributed by atoms with Crippen molar-refractivity contribution in [3.63, 3.8) is 0 Å². The van der Waals surface area contributed by atoms with E-state index in [4.69, 9.17) is 4.98 Å². The standard InChI is InChI=1S/C33H40N4/c1-10-22-18(5)26-14-30-23(11-2)20(7)28(36-30)16-33-25(13-4)21(8)32(37(33)9)17-31-24(12-3)19(6)27(35-31)15-29(22)34-26/h14-17H,10-13H2,1-9H3,(H,34,35,36)/p+1. The van der Waals surface area contributed by atoms with Crippen LogP contribution in [0.4, 0.5) is 0 Å². The number of hydrogen-bond acceptors (Lipinski definition) is 1. The maximum absolute atomic E-state index is 5.20. The second kappa shape index (κ2) is 9.48. The van der Waals surface area contributed by atoms with Crippen LogP contribution in [0.2, 0.25) is 0 Å². The number of hydrogen-bond donors (Lipinski definition) is 2. The molecule has 37 heavy (non-hydrogen) atoms. The first-order valence-electron chi connectivity index (χ1n) is 13.9. The highest BCUT2D eigenvalue weighted by Gasteiger charge is 2.28. The molecule has 4 nitrogen and oxygen atoms in total. The third-order valence-electron chi connectivity index (χ3n) is 8.70. The summed E-state index contributed by atoms with van der Waals surface area (Å²) in [5, 5.41) is 0. The predicted octanol–water partition coefficient (Wildman–Crippen LogP) is 8.17. The number of nitrogens with one attached hydrogen (secondary N) is 2. The summed E-state index contributed by atoms with van der Waals surface area (Å²) in [5.41, 5.74) is 20.2. The van der Waals surface area contributed by atoms with Crippen LogP contribution in [0.25, 0.3) is 44.4 Å². The Bertz CT molecular complexity index is 1650. The van der Waals surface area contributed by atoms with Crippen molar-refractivity contribution in [2.24, 2.45) is 7.05 Å². The summed E-state index contributed by atoms with van der Waals surface area (Å²) < 4.78 is 2.36. The Labute approximate surface area is 221 Å². The summed E-state index contributed by atoms with van der Waals surface area (Å²) in [4.78, 5) is 12.8. The van der Waals surface area contributed by atoms with E-state index in [-0.39, 0.29) is 0 Å². The Kier molecular flexibility index (Phi) is 6.47. The fourth-order valence-corrected chi connectivity index (χ4v) is 6.45. The van der Waals surface area contributed by atoms with Crippen molar-refractivity contribution in [3.8, 4) is 0 Å². The van der Waals surface area contributed by atoms with Crippen LogP contribution in [-0.2, 0) is 19.9 Å². The molecular formula is C33H41N4+. The number of aryl methyl sites for hydroxylation is 4. The molecule has 0 radical (unpaired) electrons. The number of allylic oxidation sites excluding steroid dienone is 4. The van der Waals surface area contributed by atoms with Crippen molar-refractivity contribution in [2.75, 3.05) is 0 Å². The van der Waals surface area contributed by atoms with Crippen LogP contribution in [0.1, 0.15) is 99.4 Å². The molecule has 0 saturated carbocycles. The normalized spacial score (nSPS) is 13.8. The lowest BCUT2D eigenvalue weighted by Crippen LogP contribution is -2.32. The van der Waals surface area contributed by atoms with Gasteiger partial charge in [-0.15, -0.1) is 0 Å². The van der Waals surface area contributed by atoms with Gasteiger partial charge in [-0.2, -0.15) is 4.57 Å². The molecule has 5 heterocycles. The van der Waals surface area contributed by atoms with Gasteiger partial charge in [-0.1, -0.05) is 27.7 Å². The molecule has 0 atom stereocenters. The number of rotatable bonds is 4. The maximum atomic E-state index is 5.20. The van der Waals surface area contributed by atoms with E-state index in [0.29, 0.717) is 0 Å². The molecular weight excluding hydrogens is 452 g/mol. The van der Waals surface area contributed by atoms with Crippen molar-refractivity contribution < 1.29 is 4.57 Å². The Morgan fingerprint density at radius 2 is 1.16 bits per heavy atom. The number of fused-ring (bicyclic) bond motifs is 8. The van der Waals surface area contributed by atoms with Crippen LogP contribution in [-0.4, -0.2) is 15.0 Å². The minimum Gasteiger partial charge on any atom is -0.355 e. The van der Waals surface area contributed by atoms with E-state index in [2.05, 4.69) is 101 Å². The fraction of sp³-hybridized carbons (Fsp3) is 0.394. The van der Waals surface area contributed by atoms with E-state index in [1.54, 1.807) is 0 Å². The summed E-state index contributed by atoms with van der Waals surface area (Å²) in [7, 11) is 2.20. The molecule has 3 aromatic rings. The smallest absolute Gasteiger partial charge is 0.211 e. The van der Waals surface area contributed by atoms with Gasteiger partial charge in [0.15, 0.2) is 0 Å². The van der Waals surface area contributed by atoms with Crippen LogP contribution in [0.15, 0.2) is 24.3 Å². The zero-order chi connectivity index (χ0) is 26.6. The monoisotopic (exact) mass is 493 g/mol. The molecule has 8 bridgehead atoms. The molecule has 4 heteroatoms. The second-order valence-electron chi connectivity index (χ2n) is 10.5. The molecule has 0 unspecified atom stereocenters. The predicted molar refractivity (Wildman–Crippen MR) is 158 cm³/mol.